The summed E-state index contributed by atoms with van der Waals surface area (Å²) in [5.41, 5.74) is 0.942. The number of hydrogen-bond donors (Lipinski definition) is 1. The van der Waals surface area contributed by atoms with Crippen molar-refractivity contribution >= 4 is 17.5 Å². The topological polar surface area (TPSA) is 40.2 Å². The van der Waals surface area contributed by atoms with Crippen LogP contribution in [0.3, 0.4) is 0 Å². The van der Waals surface area contributed by atoms with Crippen molar-refractivity contribution < 1.29 is 19.4 Å². The van der Waals surface area contributed by atoms with Gasteiger partial charge in [0.05, 0.1) is 0 Å². The molecule has 0 saturated heterocycles. The van der Waals surface area contributed by atoms with E-state index in [1.54, 1.807) is 28.2 Å². The van der Waals surface area contributed by atoms with Gasteiger partial charge in [0.1, 0.15) is 8.24 Å². The van der Waals surface area contributed by atoms with Crippen LogP contribution < -0.4 is 4.98 Å². The summed E-state index contributed by atoms with van der Waals surface area (Å²) in [5.74, 6) is 3.59. The van der Waals surface area contributed by atoms with E-state index < -0.39 is 8.24 Å². The van der Waals surface area contributed by atoms with Gasteiger partial charge in [-0.2, -0.15) is 28.2 Å². The van der Waals surface area contributed by atoms with Gasteiger partial charge in [-0.05, 0) is 36.3 Å². The Labute approximate surface area is 164 Å². The molecule has 0 amide bonds. The molecule has 23 heavy (non-hydrogen) atoms. The standard InChI is InChI=1S/C12H27NSi.2C2H6N.CH3.ClH.Ti/c1-8-9(2)11(4)12(10(8)3)14(6,7)13-5;2*1-3-2;;;/h8-13H,1-7H3;2*1-2H3;1H3;1H;/q;3*-1;;+4/p-1. The van der Waals surface area contributed by atoms with E-state index in [2.05, 4.69) is 72.8 Å². The van der Waals surface area contributed by atoms with Gasteiger partial charge in [-0.15, -0.1) is 0 Å². The van der Waals surface area contributed by atoms with E-state index in [0.29, 0.717) is 0 Å². The summed E-state index contributed by atoms with van der Waals surface area (Å²) in [6, 6.07) is 0. The summed E-state index contributed by atoms with van der Waals surface area (Å²) < 4.78 is 0. The molecule has 6 heteroatoms. The Morgan fingerprint density at radius 2 is 1.00 bits per heavy atom. The third-order valence-corrected chi connectivity index (χ3v) is 9.11. The van der Waals surface area contributed by atoms with Crippen molar-refractivity contribution in [3.63, 3.8) is 0 Å². The second kappa shape index (κ2) is 17.9. The molecular weight excluding hydrogens is 358 g/mol. The van der Waals surface area contributed by atoms with Crippen molar-refractivity contribution in [2.24, 2.45) is 23.7 Å². The first-order chi connectivity index (χ1) is 10.2. The fraction of sp³-hybridized carbons (Fsp3) is 0.941. The molecule has 0 radical (unpaired) electrons. The van der Waals surface area contributed by atoms with Gasteiger partial charge in [0.2, 0.25) is 0 Å². The van der Waals surface area contributed by atoms with Gasteiger partial charge in [0, 0.05) is 0 Å². The van der Waals surface area contributed by atoms with E-state index in [1.807, 2.05) is 0 Å². The first kappa shape index (κ1) is 31.8. The predicted octanol–water partition coefficient (Wildman–Crippen LogP) is 5.72. The molecule has 1 N–H and O–H groups in total. The van der Waals surface area contributed by atoms with E-state index in [9.17, 15) is 0 Å². The summed E-state index contributed by atoms with van der Waals surface area (Å²) in [5, 5.41) is 7.00. The predicted molar refractivity (Wildman–Crippen MR) is 110 cm³/mol. The van der Waals surface area contributed by atoms with Crippen LogP contribution in [0.5, 0.6) is 0 Å². The minimum absolute atomic E-state index is 0. The molecule has 0 spiro atoms. The molecule has 1 aliphatic rings. The molecule has 4 atom stereocenters. The minimum atomic E-state index is -1.20. The van der Waals surface area contributed by atoms with E-state index >= 15 is 0 Å². The molecule has 0 aromatic carbocycles. The van der Waals surface area contributed by atoms with Crippen molar-refractivity contribution in [1.29, 1.82) is 0 Å². The van der Waals surface area contributed by atoms with E-state index in [-0.39, 0.29) is 7.43 Å². The molecule has 1 rings (SSSR count). The molecule has 1 fully saturated rings. The first-order valence-electron chi connectivity index (χ1n) is 7.99. The number of hydrogen-bond acceptors (Lipinski definition) is 1. The maximum absolute atomic E-state index is 4.64. The zero-order valence-electron chi connectivity index (χ0n) is 17.7. The normalized spacial score (nSPS) is 28.9. The molecule has 0 aliphatic heterocycles. The fourth-order valence-corrected chi connectivity index (χ4v) is 7.14. The molecule has 140 valence electrons. The van der Waals surface area contributed by atoms with Crippen LogP contribution in [0.15, 0.2) is 0 Å². The van der Waals surface area contributed by atoms with Crippen LogP contribution in [-0.2, 0) is 19.4 Å². The van der Waals surface area contributed by atoms with Gasteiger partial charge in [0.15, 0.2) is 0 Å². The van der Waals surface area contributed by atoms with Crippen molar-refractivity contribution in [2.75, 3.05) is 35.2 Å². The van der Waals surface area contributed by atoms with Gasteiger partial charge in [-0.1, -0.05) is 40.8 Å². The third-order valence-electron chi connectivity index (χ3n) is 5.10. The Hall–Kier alpha value is 1.10. The third kappa shape index (κ3) is 11.4. The molecule has 4 unspecified atom stereocenters. The summed E-state index contributed by atoms with van der Waals surface area (Å²) in [6.07, 6.45) is 0. The molecule has 3 nitrogen and oxygen atoms in total. The van der Waals surface area contributed by atoms with Gasteiger partial charge in [-0.3, -0.25) is 0 Å². The van der Waals surface area contributed by atoms with Crippen LogP contribution in [0.2, 0.25) is 18.6 Å². The average Bonchev–Trinajstić information content (AvgIpc) is 2.67. The number of rotatable bonds is 2. The zero-order chi connectivity index (χ0) is 18.5. The Kier molecular flexibility index (Phi) is 24.8. The molecule has 0 aromatic rings. The van der Waals surface area contributed by atoms with E-state index in [1.165, 1.54) is 19.4 Å². The molecular formula is C17H42ClN3SiTi. The summed E-state index contributed by atoms with van der Waals surface area (Å²) in [6.45, 7) is 14.8. The van der Waals surface area contributed by atoms with Crippen LogP contribution in [-0.4, -0.2) is 43.5 Å². The Morgan fingerprint density at radius 1 is 0.783 bits per heavy atom. The van der Waals surface area contributed by atoms with Crippen molar-refractivity contribution in [3.05, 3.63) is 18.1 Å². The Morgan fingerprint density at radius 3 is 1.17 bits per heavy atom. The van der Waals surface area contributed by atoms with E-state index in [0.717, 1.165) is 29.2 Å². The van der Waals surface area contributed by atoms with Crippen molar-refractivity contribution in [2.45, 2.75) is 46.3 Å². The van der Waals surface area contributed by atoms with Crippen molar-refractivity contribution in [1.82, 2.24) is 4.98 Å². The Bertz CT molecular complexity index is 230. The average molecular weight is 400 g/mol. The van der Waals surface area contributed by atoms with Gasteiger partial charge in [0.25, 0.3) is 0 Å². The second-order valence-electron chi connectivity index (χ2n) is 6.83. The number of nitrogens with one attached hydrogen (secondary N) is 1. The fourth-order valence-electron chi connectivity index (χ4n) is 3.57. The van der Waals surface area contributed by atoms with Gasteiger partial charge < -0.3 is 23.0 Å². The van der Waals surface area contributed by atoms with Crippen LogP contribution in [0.4, 0.5) is 0 Å². The molecule has 1 saturated carbocycles. The van der Waals surface area contributed by atoms with Crippen LogP contribution in [0.25, 0.3) is 10.6 Å². The quantitative estimate of drug-likeness (QED) is 0.468. The second-order valence-corrected chi connectivity index (χ2v) is 11.4. The molecule has 0 bridgehead atoms. The zero-order valence-corrected chi connectivity index (χ0v) is 21.0. The summed E-state index contributed by atoms with van der Waals surface area (Å²) >= 11 is 1.47. The molecule has 1 aliphatic carbocycles. The first-order valence-corrected chi connectivity index (χ1v) is 13.2. The van der Waals surface area contributed by atoms with Gasteiger partial charge >= 0.3 is 28.7 Å². The Balaban J connectivity index is -0.000000171. The van der Waals surface area contributed by atoms with Crippen molar-refractivity contribution in [3.8, 4) is 0 Å². The SMILES string of the molecule is CN[Si](C)(C)C1C(C)C(C)C(C)C1C.C[N-]C.C[N-]C.[CH3-].[Cl][Ti+3]. The molecule has 0 aromatic heterocycles. The molecule has 0 heterocycles. The van der Waals surface area contributed by atoms with Crippen LogP contribution in [0, 0.1) is 31.1 Å². The summed E-state index contributed by atoms with van der Waals surface area (Å²) in [4.78, 5) is 3.62. The maximum atomic E-state index is 4.64. The van der Waals surface area contributed by atoms with E-state index in [4.69, 9.17) is 0 Å². The van der Waals surface area contributed by atoms with Crippen LogP contribution >= 0.6 is 9.30 Å². The van der Waals surface area contributed by atoms with Gasteiger partial charge in [-0.25, -0.2) is 0 Å². The number of nitrogens with zero attached hydrogens (tertiary/aromatic N) is 2. The monoisotopic (exact) mass is 399 g/mol. The summed E-state index contributed by atoms with van der Waals surface area (Å²) in [7, 11) is 12.6. The van der Waals surface area contributed by atoms with Crippen LogP contribution in [0.1, 0.15) is 27.7 Å². The number of halogens is 1.